The predicted molar refractivity (Wildman–Crippen MR) is 81.5 cm³/mol. The molecular weight excluding hydrogens is 284 g/mol. The van der Waals surface area contributed by atoms with Gasteiger partial charge in [-0.1, -0.05) is 18.2 Å². The van der Waals surface area contributed by atoms with Gasteiger partial charge in [0, 0.05) is 31.2 Å². The Morgan fingerprint density at radius 3 is 2.53 bits per heavy atom. The molecule has 0 aromatic heterocycles. The monoisotopic (exact) mass is 304 g/mol. The van der Waals surface area contributed by atoms with Crippen LogP contribution in [0.15, 0.2) is 30.3 Å². The van der Waals surface area contributed by atoms with E-state index in [1.807, 2.05) is 18.2 Å². The molecule has 4 nitrogen and oxygen atoms in total. The van der Waals surface area contributed by atoms with E-state index >= 15 is 0 Å². The summed E-state index contributed by atoms with van der Waals surface area (Å²) in [5.74, 6) is 0.102. The molecule has 19 heavy (non-hydrogen) atoms. The third-order valence-electron chi connectivity index (χ3n) is 2.78. The molecule has 0 bridgehead atoms. The van der Waals surface area contributed by atoms with E-state index in [0.717, 1.165) is 25.2 Å². The first-order valence-corrected chi connectivity index (χ1v) is 8.61. The Morgan fingerprint density at radius 2 is 1.95 bits per heavy atom. The van der Waals surface area contributed by atoms with Gasteiger partial charge in [0.25, 0.3) is 0 Å². The Kier molecular flexibility index (Phi) is 7.20. The van der Waals surface area contributed by atoms with Crippen LogP contribution in [-0.2, 0) is 10.0 Å². The minimum Gasteiger partial charge on any atom is -0.372 e. The Bertz CT molecular complexity index is 451. The molecule has 0 spiro atoms. The van der Waals surface area contributed by atoms with Crippen LogP contribution in [0.2, 0.25) is 0 Å². The first-order valence-electron chi connectivity index (χ1n) is 6.42. The fourth-order valence-electron chi connectivity index (χ4n) is 1.78. The summed E-state index contributed by atoms with van der Waals surface area (Å²) >= 11 is 5.42. The maximum Gasteiger partial charge on any atom is 0.212 e. The first-order chi connectivity index (χ1) is 9.09. The molecule has 108 valence electrons. The van der Waals surface area contributed by atoms with Crippen molar-refractivity contribution in [3.8, 4) is 0 Å². The van der Waals surface area contributed by atoms with Crippen LogP contribution in [0.25, 0.3) is 0 Å². The zero-order chi connectivity index (χ0) is 14.1. The largest absolute Gasteiger partial charge is 0.372 e. The van der Waals surface area contributed by atoms with Gasteiger partial charge in [0.2, 0.25) is 10.0 Å². The van der Waals surface area contributed by atoms with Crippen LogP contribution < -0.4 is 9.62 Å². The molecule has 1 rings (SSSR count). The number of nitrogens with one attached hydrogen (secondary N) is 1. The molecule has 0 amide bonds. The van der Waals surface area contributed by atoms with Crippen LogP contribution in [0.3, 0.4) is 0 Å². The smallest absolute Gasteiger partial charge is 0.212 e. The van der Waals surface area contributed by atoms with Crippen LogP contribution >= 0.6 is 11.6 Å². The number of hydrogen-bond acceptors (Lipinski definition) is 3. The summed E-state index contributed by atoms with van der Waals surface area (Å²) in [4.78, 5) is 2.22. The zero-order valence-electron chi connectivity index (χ0n) is 11.2. The lowest BCUT2D eigenvalue weighted by molar-refractivity contribution is 0.580. The Balaban J connectivity index is 2.35. The number of para-hydroxylation sites is 1. The molecule has 0 saturated heterocycles. The van der Waals surface area contributed by atoms with Crippen LogP contribution in [-0.4, -0.2) is 39.7 Å². The molecule has 0 aliphatic rings. The minimum absolute atomic E-state index is 0.0231. The molecular formula is C13H21ClN2O2S. The van der Waals surface area contributed by atoms with Gasteiger partial charge >= 0.3 is 0 Å². The maximum atomic E-state index is 11.4. The second kappa shape index (κ2) is 8.40. The molecule has 6 heteroatoms. The summed E-state index contributed by atoms with van der Waals surface area (Å²) in [6.07, 6.45) is 0.768. The van der Waals surface area contributed by atoms with Crippen molar-refractivity contribution < 1.29 is 8.42 Å². The molecule has 0 fully saturated rings. The van der Waals surface area contributed by atoms with Gasteiger partial charge in [-0.05, 0) is 25.5 Å². The predicted octanol–water partition coefficient (Wildman–Crippen LogP) is 2.06. The molecule has 0 saturated carbocycles. The fraction of sp³-hybridized carbons (Fsp3) is 0.538. The van der Waals surface area contributed by atoms with E-state index < -0.39 is 10.0 Å². The lowest BCUT2D eigenvalue weighted by Crippen LogP contribution is -2.31. The van der Waals surface area contributed by atoms with Crippen LogP contribution in [0, 0.1) is 0 Å². The second-order valence-electron chi connectivity index (χ2n) is 4.17. The third kappa shape index (κ3) is 6.27. The molecule has 0 radical (unpaired) electrons. The van der Waals surface area contributed by atoms with E-state index in [1.165, 1.54) is 0 Å². The molecule has 1 aromatic rings. The van der Waals surface area contributed by atoms with Crippen molar-refractivity contribution in [1.29, 1.82) is 0 Å². The van der Waals surface area contributed by atoms with Crippen molar-refractivity contribution in [1.82, 2.24) is 4.72 Å². The highest BCUT2D eigenvalue weighted by atomic mass is 35.5. The van der Waals surface area contributed by atoms with Crippen LogP contribution in [0.5, 0.6) is 0 Å². The molecule has 1 aromatic carbocycles. The van der Waals surface area contributed by atoms with E-state index in [1.54, 1.807) is 0 Å². The highest BCUT2D eigenvalue weighted by molar-refractivity contribution is 7.89. The van der Waals surface area contributed by atoms with Gasteiger partial charge in [-0.25, -0.2) is 13.1 Å². The topological polar surface area (TPSA) is 49.4 Å². The van der Waals surface area contributed by atoms with Gasteiger partial charge in [0.05, 0.1) is 5.75 Å². The number of nitrogens with zero attached hydrogens (tertiary/aromatic N) is 1. The number of benzene rings is 1. The molecule has 0 aliphatic heterocycles. The van der Waals surface area contributed by atoms with Gasteiger partial charge in [-0.3, -0.25) is 0 Å². The number of rotatable bonds is 9. The maximum absolute atomic E-state index is 11.4. The van der Waals surface area contributed by atoms with Gasteiger partial charge < -0.3 is 4.90 Å². The summed E-state index contributed by atoms with van der Waals surface area (Å²) in [5.41, 5.74) is 1.16. The number of halogens is 1. The fourth-order valence-corrected chi connectivity index (χ4v) is 3.19. The summed E-state index contributed by atoms with van der Waals surface area (Å²) in [6, 6.07) is 10.1. The molecule has 0 atom stereocenters. The van der Waals surface area contributed by atoms with E-state index in [4.69, 9.17) is 11.6 Å². The molecule has 0 aliphatic carbocycles. The zero-order valence-corrected chi connectivity index (χ0v) is 12.8. The summed E-state index contributed by atoms with van der Waals surface area (Å²) in [7, 11) is -3.20. The highest BCUT2D eigenvalue weighted by Gasteiger charge is 2.08. The number of sulfonamides is 1. The Labute approximate surface area is 120 Å². The highest BCUT2D eigenvalue weighted by Crippen LogP contribution is 2.12. The number of hydrogen-bond donors (Lipinski definition) is 1. The SMILES string of the molecule is CCN(CCCNS(=O)(=O)CCCl)c1ccccc1. The van der Waals surface area contributed by atoms with Gasteiger partial charge in [0.1, 0.15) is 0 Å². The third-order valence-corrected chi connectivity index (χ3v) is 4.57. The Hall–Kier alpha value is -0.780. The number of alkyl halides is 1. The second-order valence-corrected chi connectivity index (χ2v) is 6.48. The Morgan fingerprint density at radius 1 is 1.26 bits per heavy atom. The average Bonchev–Trinajstić information content (AvgIpc) is 2.40. The van der Waals surface area contributed by atoms with Crippen LogP contribution in [0.4, 0.5) is 5.69 Å². The van der Waals surface area contributed by atoms with E-state index in [2.05, 4.69) is 28.7 Å². The van der Waals surface area contributed by atoms with Gasteiger partial charge in [-0.15, -0.1) is 11.6 Å². The summed E-state index contributed by atoms with van der Waals surface area (Å²) in [5, 5.41) is 0. The average molecular weight is 305 g/mol. The van der Waals surface area contributed by atoms with Gasteiger partial charge in [-0.2, -0.15) is 0 Å². The summed E-state index contributed by atoms with van der Waals surface area (Å²) < 4.78 is 25.4. The normalized spacial score (nSPS) is 11.5. The van der Waals surface area contributed by atoms with Crippen molar-refractivity contribution in [2.24, 2.45) is 0 Å². The van der Waals surface area contributed by atoms with Crippen molar-refractivity contribution in [3.63, 3.8) is 0 Å². The molecule has 0 heterocycles. The summed E-state index contributed by atoms with van der Waals surface area (Å²) in [6.45, 7) is 4.26. The van der Waals surface area contributed by atoms with Crippen molar-refractivity contribution >= 4 is 27.3 Å². The van der Waals surface area contributed by atoms with Gasteiger partial charge in [0.15, 0.2) is 0 Å². The van der Waals surface area contributed by atoms with Crippen molar-refractivity contribution in [2.45, 2.75) is 13.3 Å². The van der Waals surface area contributed by atoms with Crippen molar-refractivity contribution in [2.75, 3.05) is 36.2 Å². The standard InChI is InChI=1S/C13H21ClN2O2S/c1-2-16(13-7-4-3-5-8-13)11-6-10-15-19(17,18)12-9-14/h3-5,7-8,15H,2,6,9-12H2,1H3. The number of anilines is 1. The van der Waals surface area contributed by atoms with Crippen molar-refractivity contribution in [3.05, 3.63) is 30.3 Å². The van der Waals surface area contributed by atoms with E-state index in [9.17, 15) is 8.42 Å². The first kappa shape index (κ1) is 16.3. The van der Waals surface area contributed by atoms with Crippen LogP contribution in [0.1, 0.15) is 13.3 Å². The lowest BCUT2D eigenvalue weighted by Gasteiger charge is -2.23. The molecule has 0 unspecified atom stereocenters. The quantitative estimate of drug-likeness (QED) is 0.561. The lowest BCUT2D eigenvalue weighted by atomic mass is 10.2. The minimum atomic E-state index is -3.20. The van der Waals surface area contributed by atoms with E-state index in [0.29, 0.717) is 6.54 Å². The molecule has 1 N–H and O–H groups in total. The van der Waals surface area contributed by atoms with E-state index in [-0.39, 0.29) is 11.6 Å².